The Morgan fingerprint density at radius 3 is 1.50 bits per heavy atom. The molecule has 1 atom stereocenters. The fraction of sp³-hybridized carbons (Fsp3) is 1.00. The number of nitrogens with zero attached hydrogens (tertiary/aromatic N) is 1. The first-order chi connectivity index (χ1) is 5.98. The fourth-order valence-corrected chi connectivity index (χ4v) is 0.405. The van der Waals surface area contributed by atoms with Crippen molar-refractivity contribution < 1.29 is 35.1 Å². The van der Waals surface area contributed by atoms with Crippen LogP contribution in [0, 0.1) is 4.91 Å². The van der Waals surface area contributed by atoms with Crippen molar-refractivity contribution in [2.45, 2.75) is 24.3 Å². The minimum Gasteiger partial charge on any atom is -0.211 e. The minimum atomic E-state index is -6.66. The van der Waals surface area contributed by atoms with Crippen LogP contribution in [0.3, 0.4) is 0 Å². The summed E-state index contributed by atoms with van der Waals surface area (Å²) in [5.74, 6) is -12.9. The molecule has 0 aliphatic heterocycles. The Kier molecular flexibility index (Phi) is 3.09. The molecule has 0 aromatic carbocycles. The highest BCUT2D eigenvalue weighted by Gasteiger charge is 2.76. The third kappa shape index (κ3) is 1.77. The molecule has 0 radical (unpaired) electrons. The number of alkyl halides is 8. The molecule has 14 heavy (non-hydrogen) atoms. The lowest BCUT2D eigenvalue weighted by Crippen LogP contribution is -2.56. The van der Waals surface area contributed by atoms with Gasteiger partial charge >= 0.3 is 18.0 Å². The zero-order valence-corrected chi connectivity index (χ0v) is 5.96. The van der Waals surface area contributed by atoms with Gasteiger partial charge in [-0.2, -0.15) is 30.7 Å². The zero-order valence-electron chi connectivity index (χ0n) is 5.96. The summed E-state index contributed by atoms with van der Waals surface area (Å²) in [7, 11) is 0. The first-order valence-corrected chi connectivity index (χ1v) is 2.77. The molecule has 0 fully saturated rings. The molecule has 0 heterocycles. The summed E-state index contributed by atoms with van der Waals surface area (Å²) >= 11 is 0. The van der Waals surface area contributed by atoms with Gasteiger partial charge in [0, 0.05) is 0 Å². The molecule has 0 saturated heterocycles. The molecule has 0 N–H and O–H groups in total. The maximum atomic E-state index is 12.0. The zero-order chi connectivity index (χ0) is 11.8. The first kappa shape index (κ1) is 13.0. The molecule has 0 spiro atoms. The van der Waals surface area contributed by atoms with Gasteiger partial charge in [-0.05, 0) is 5.18 Å². The third-order valence-electron chi connectivity index (χ3n) is 1.17. The lowest BCUT2D eigenvalue weighted by Gasteiger charge is -2.27. The van der Waals surface area contributed by atoms with Crippen molar-refractivity contribution in [2.24, 2.45) is 5.18 Å². The van der Waals surface area contributed by atoms with Crippen molar-refractivity contribution in [3.63, 3.8) is 0 Å². The molecule has 1 unspecified atom stereocenters. The molecule has 0 aliphatic rings. The number of hydrogen-bond donors (Lipinski definition) is 0. The van der Waals surface area contributed by atoms with Crippen LogP contribution >= 0.6 is 0 Å². The van der Waals surface area contributed by atoms with Gasteiger partial charge in [0.2, 0.25) is 0 Å². The average Bonchev–Trinajstić information content (AvgIpc) is 2.00. The summed E-state index contributed by atoms with van der Waals surface area (Å²) in [6.45, 7) is 0. The summed E-state index contributed by atoms with van der Waals surface area (Å²) < 4.78 is 93.2. The van der Waals surface area contributed by atoms with E-state index in [1.54, 1.807) is 0 Å². The topological polar surface area (TPSA) is 29.4 Å². The van der Waals surface area contributed by atoms with Crippen LogP contribution in [-0.4, -0.2) is 24.3 Å². The summed E-state index contributed by atoms with van der Waals surface area (Å²) in [5, 5.41) is 0.793. The van der Waals surface area contributed by atoms with Crippen LogP contribution in [0.2, 0.25) is 0 Å². The third-order valence-corrected chi connectivity index (χ3v) is 1.17. The molecule has 0 amide bonds. The standard InChI is InChI=1S/C4HF8NO/c5-1(13-14)2(6,7)3(8,9)4(10,11)12/h1H. The molecule has 10 heteroatoms. The van der Waals surface area contributed by atoms with E-state index in [0.29, 0.717) is 0 Å². The van der Waals surface area contributed by atoms with Crippen LogP contribution in [0.15, 0.2) is 5.18 Å². The molecule has 0 saturated carbocycles. The van der Waals surface area contributed by atoms with Gasteiger partial charge in [-0.3, -0.25) is 0 Å². The highest BCUT2D eigenvalue weighted by atomic mass is 19.4. The fourth-order valence-electron chi connectivity index (χ4n) is 0.405. The van der Waals surface area contributed by atoms with Crippen molar-refractivity contribution in [3.8, 4) is 0 Å². The number of nitroso groups, excluding NO2 is 1. The Balaban J connectivity index is 5.17. The molecular formula is C4HF8NO. The van der Waals surface area contributed by atoms with E-state index in [2.05, 4.69) is 0 Å². The van der Waals surface area contributed by atoms with Crippen LogP contribution in [-0.2, 0) is 0 Å². The molecule has 0 aliphatic carbocycles. The highest BCUT2D eigenvalue weighted by molar-refractivity contribution is 4.94. The normalized spacial score (nSPS) is 16.6. The van der Waals surface area contributed by atoms with Gasteiger partial charge in [0.1, 0.15) is 0 Å². The number of halogens is 8. The Morgan fingerprint density at radius 2 is 1.29 bits per heavy atom. The van der Waals surface area contributed by atoms with E-state index >= 15 is 0 Å². The largest absolute Gasteiger partial charge is 0.460 e. The van der Waals surface area contributed by atoms with E-state index < -0.39 is 24.3 Å². The van der Waals surface area contributed by atoms with Gasteiger partial charge < -0.3 is 0 Å². The second kappa shape index (κ2) is 3.31. The van der Waals surface area contributed by atoms with Crippen LogP contribution in [0.5, 0.6) is 0 Å². The highest BCUT2D eigenvalue weighted by Crippen LogP contribution is 2.48. The van der Waals surface area contributed by atoms with E-state index in [4.69, 9.17) is 4.91 Å². The van der Waals surface area contributed by atoms with E-state index in [9.17, 15) is 35.1 Å². The van der Waals surface area contributed by atoms with Crippen molar-refractivity contribution in [2.75, 3.05) is 0 Å². The van der Waals surface area contributed by atoms with Gasteiger partial charge in [-0.15, -0.1) is 4.91 Å². The van der Waals surface area contributed by atoms with Crippen molar-refractivity contribution in [3.05, 3.63) is 4.91 Å². The summed E-state index contributed by atoms with van der Waals surface area (Å²) in [6, 6.07) is 0. The Morgan fingerprint density at radius 1 is 0.929 bits per heavy atom. The average molecular weight is 231 g/mol. The van der Waals surface area contributed by atoms with E-state index in [1.165, 1.54) is 0 Å². The monoisotopic (exact) mass is 231 g/mol. The quantitative estimate of drug-likeness (QED) is 0.417. The lowest BCUT2D eigenvalue weighted by molar-refractivity contribution is -0.365. The molecule has 2 nitrogen and oxygen atoms in total. The molecule has 0 rings (SSSR count). The van der Waals surface area contributed by atoms with Gasteiger partial charge in [0.25, 0.3) is 6.30 Å². The van der Waals surface area contributed by atoms with Crippen LogP contribution < -0.4 is 0 Å². The van der Waals surface area contributed by atoms with Crippen molar-refractivity contribution in [1.82, 2.24) is 0 Å². The Bertz CT molecular complexity index is 222. The van der Waals surface area contributed by atoms with E-state index in [0.717, 1.165) is 5.18 Å². The maximum Gasteiger partial charge on any atom is 0.460 e. The van der Waals surface area contributed by atoms with Crippen LogP contribution in [0.4, 0.5) is 35.1 Å². The molecular weight excluding hydrogens is 230 g/mol. The summed E-state index contributed by atoms with van der Waals surface area (Å²) in [4.78, 5) is 9.12. The van der Waals surface area contributed by atoms with Crippen LogP contribution in [0.1, 0.15) is 0 Å². The van der Waals surface area contributed by atoms with Gasteiger partial charge in [0.05, 0.1) is 0 Å². The smallest absolute Gasteiger partial charge is 0.211 e. The maximum absolute atomic E-state index is 12.0. The van der Waals surface area contributed by atoms with Gasteiger partial charge in [-0.1, -0.05) is 0 Å². The van der Waals surface area contributed by atoms with E-state index in [1.807, 2.05) is 0 Å². The Labute approximate surface area is 70.9 Å². The molecule has 0 aromatic heterocycles. The molecule has 0 bridgehead atoms. The first-order valence-electron chi connectivity index (χ1n) is 2.77. The minimum absolute atomic E-state index is 0.793. The van der Waals surface area contributed by atoms with Crippen LogP contribution in [0.25, 0.3) is 0 Å². The van der Waals surface area contributed by atoms with E-state index in [-0.39, 0.29) is 0 Å². The predicted octanol–water partition coefficient (Wildman–Crippen LogP) is 2.88. The summed E-state index contributed by atoms with van der Waals surface area (Å²) in [6.07, 6.45) is -11.1. The molecule has 84 valence electrons. The number of hydrogen-bond acceptors (Lipinski definition) is 2. The summed E-state index contributed by atoms with van der Waals surface area (Å²) in [5.41, 5.74) is 0. The second-order valence-electron chi connectivity index (χ2n) is 2.14. The van der Waals surface area contributed by atoms with Crippen molar-refractivity contribution in [1.29, 1.82) is 0 Å². The van der Waals surface area contributed by atoms with Gasteiger partial charge in [0.15, 0.2) is 0 Å². The molecule has 0 aromatic rings. The SMILES string of the molecule is O=NC(F)C(F)(F)C(F)(F)C(F)(F)F. The van der Waals surface area contributed by atoms with Crippen molar-refractivity contribution >= 4 is 0 Å². The number of rotatable bonds is 3. The second-order valence-corrected chi connectivity index (χ2v) is 2.14. The Hall–Kier alpha value is -0.960. The van der Waals surface area contributed by atoms with Gasteiger partial charge in [-0.25, -0.2) is 4.39 Å². The predicted molar refractivity (Wildman–Crippen MR) is 26.6 cm³/mol. The lowest BCUT2D eigenvalue weighted by atomic mass is 10.1.